The molecule has 1 fully saturated rings. The van der Waals surface area contributed by atoms with Crippen LogP contribution in [0.3, 0.4) is 0 Å². The zero-order chi connectivity index (χ0) is 16.5. The van der Waals surface area contributed by atoms with Crippen LogP contribution in [-0.4, -0.2) is 23.1 Å². The number of H-pyrrole nitrogens is 1. The molecule has 2 aromatic heterocycles. The third kappa shape index (κ3) is 3.14. The maximum absolute atomic E-state index is 12.5. The van der Waals surface area contributed by atoms with Crippen molar-refractivity contribution in [3.63, 3.8) is 0 Å². The largest absolute Gasteiger partial charge is 0.328 e. The second-order valence-electron chi connectivity index (χ2n) is 6.84. The first-order chi connectivity index (χ1) is 11.7. The summed E-state index contributed by atoms with van der Waals surface area (Å²) in [6, 6.07) is 12.1. The number of nitrogens with zero attached hydrogens (tertiary/aromatic N) is 1. The van der Waals surface area contributed by atoms with E-state index in [1.165, 1.54) is 30.8 Å². The molecule has 1 aromatic carbocycles. The standard InChI is InChI=1S/C19H21N3OS/c1-13-6-5-9-22(11-13)12-17-20-18(23)15-10-16(24-19(15)21-17)14-7-3-2-4-8-14/h2-4,7-8,10,13H,5-6,9,11-12H2,1H3,(H,20,21,23)/p+1/t13-/m0/s1. The topological polar surface area (TPSA) is 50.2 Å². The number of quaternary nitrogens is 1. The average Bonchev–Trinajstić information content (AvgIpc) is 3.00. The lowest BCUT2D eigenvalue weighted by molar-refractivity contribution is -0.922. The van der Waals surface area contributed by atoms with E-state index in [9.17, 15) is 4.79 Å². The number of aromatic amines is 1. The lowest BCUT2D eigenvalue weighted by atomic mass is 10.0. The van der Waals surface area contributed by atoms with Gasteiger partial charge in [0.2, 0.25) is 0 Å². The first-order valence-corrected chi connectivity index (χ1v) is 9.42. The second kappa shape index (κ2) is 6.49. The Labute approximate surface area is 145 Å². The van der Waals surface area contributed by atoms with Crippen LogP contribution in [0.5, 0.6) is 0 Å². The van der Waals surface area contributed by atoms with E-state index in [2.05, 4.69) is 24.0 Å². The zero-order valence-corrected chi connectivity index (χ0v) is 14.7. The fraction of sp³-hybridized carbons (Fsp3) is 0.368. The number of benzene rings is 1. The van der Waals surface area contributed by atoms with Crippen LogP contribution >= 0.6 is 11.3 Å². The van der Waals surface area contributed by atoms with Gasteiger partial charge in [0.15, 0.2) is 5.82 Å². The maximum atomic E-state index is 12.5. The molecule has 2 atom stereocenters. The number of fused-ring (bicyclic) bond motifs is 1. The van der Waals surface area contributed by atoms with Crippen molar-refractivity contribution in [2.45, 2.75) is 26.3 Å². The summed E-state index contributed by atoms with van der Waals surface area (Å²) in [5.41, 5.74) is 1.12. The monoisotopic (exact) mass is 340 g/mol. The molecule has 2 N–H and O–H groups in total. The first kappa shape index (κ1) is 15.5. The van der Waals surface area contributed by atoms with Gasteiger partial charge in [-0.05, 0) is 24.5 Å². The van der Waals surface area contributed by atoms with E-state index < -0.39 is 0 Å². The molecule has 1 aliphatic rings. The van der Waals surface area contributed by atoms with E-state index in [0.29, 0.717) is 5.39 Å². The van der Waals surface area contributed by atoms with Crippen molar-refractivity contribution in [1.29, 1.82) is 0 Å². The van der Waals surface area contributed by atoms with Gasteiger partial charge >= 0.3 is 0 Å². The van der Waals surface area contributed by atoms with Crippen molar-refractivity contribution in [2.75, 3.05) is 13.1 Å². The van der Waals surface area contributed by atoms with Gasteiger partial charge in [-0.3, -0.25) is 4.79 Å². The number of thiophene rings is 1. The lowest BCUT2D eigenvalue weighted by Crippen LogP contribution is -3.12. The van der Waals surface area contributed by atoms with Gasteiger partial charge in [0.05, 0.1) is 18.5 Å². The number of aromatic nitrogens is 2. The van der Waals surface area contributed by atoms with E-state index in [0.717, 1.165) is 33.6 Å². The lowest BCUT2D eigenvalue weighted by Gasteiger charge is -2.27. The fourth-order valence-corrected chi connectivity index (χ4v) is 4.66. The van der Waals surface area contributed by atoms with Gasteiger partial charge < -0.3 is 9.88 Å². The molecule has 0 bridgehead atoms. The minimum absolute atomic E-state index is 0.0158. The number of hydrogen-bond acceptors (Lipinski definition) is 3. The number of hydrogen-bond donors (Lipinski definition) is 2. The number of piperidine rings is 1. The normalized spacial score (nSPS) is 21.2. The van der Waals surface area contributed by atoms with Crippen molar-refractivity contribution in [3.8, 4) is 10.4 Å². The molecule has 0 radical (unpaired) electrons. The highest BCUT2D eigenvalue weighted by atomic mass is 32.1. The Morgan fingerprint density at radius 2 is 2.17 bits per heavy atom. The highest BCUT2D eigenvalue weighted by Crippen LogP contribution is 2.30. The number of rotatable bonds is 3. The minimum Gasteiger partial charge on any atom is -0.328 e. The molecule has 1 aliphatic heterocycles. The molecule has 0 spiro atoms. The molecule has 4 rings (SSSR count). The molecule has 4 nitrogen and oxygen atoms in total. The average molecular weight is 340 g/mol. The van der Waals surface area contributed by atoms with Crippen molar-refractivity contribution < 1.29 is 4.90 Å². The maximum Gasteiger partial charge on any atom is 0.259 e. The Kier molecular flexibility index (Phi) is 4.21. The summed E-state index contributed by atoms with van der Waals surface area (Å²) in [6.45, 7) is 5.46. The summed E-state index contributed by atoms with van der Waals surface area (Å²) in [5.74, 6) is 1.58. The highest BCUT2D eigenvalue weighted by molar-refractivity contribution is 7.21. The van der Waals surface area contributed by atoms with E-state index in [1.54, 1.807) is 11.3 Å². The van der Waals surface area contributed by atoms with Crippen LogP contribution in [0.1, 0.15) is 25.6 Å². The van der Waals surface area contributed by atoms with Crippen molar-refractivity contribution >= 4 is 21.6 Å². The van der Waals surface area contributed by atoms with Crippen LogP contribution in [-0.2, 0) is 6.54 Å². The van der Waals surface area contributed by atoms with Gasteiger partial charge in [-0.1, -0.05) is 37.3 Å². The van der Waals surface area contributed by atoms with Gasteiger partial charge in [-0.15, -0.1) is 11.3 Å². The predicted octanol–water partition coefficient (Wildman–Crippen LogP) is 2.47. The van der Waals surface area contributed by atoms with Crippen LogP contribution in [0, 0.1) is 5.92 Å². The molecular weight excluding hydrogens is 318 g/mol. The SMILES string of the molecule is C[C@H]1CCC[NH+](Cc2nc3sc(-c4ccccc4)cc3c(=O)[nH]2)C1. The van der Waals surface area contributed by atoms with E-state index in [-0.39, 0.29) is 5.56 Å². The molecule has 3 heterocycles. The molecular formula is C19H22N3OS+. The summed E-state index contributed by atoms with van der Waals surface area (Å²) >= 11 is 1.60. The minimum atomic E-state index is -0.0158. The molecule has 0 saturated carbocycles. The molecule has 24 heavy (non-hydrogen) atoms. The van der Waals surface area contributed by atoms with Crippen LogP contribution < -0.4 is 10.5 Å². The Hall–Kier alpha value is -1.98. The third-order valence-electron chi connectivity index (χ3n) is 4.79. The van der Waals surface area contributed by atoms with Gasteiger partial charge in [-0.25, -0.2) is 4.98 Å². The van der Waals surface area contributed by atoms with Crippen molar-refractivity contribution in [3.05, 3.63) is 52.6 Å². The van der Waals surface area contributed by atoms with Crippen LogP contribution in [0.25, 0.3) is 20.7 Å². The van der Waals surface area contributed by atoms with Crippen LogP contribution in [0.4, 0.5) is 0 Å². The molecule has 124 valence electrons. The molecule has 0 aliphatic carbocycles. The molecule has 0 amide bonds. The van der Waals surface area contributed by atoms with Crippen molar-refractivity contribution in [2.24, 2.45) is 5.92 Å². The van der Waals surface area contributed by atoms with E-state index in [4.69, 9.17) is 4.98 Å². The van der Waals surface area contributed by atoms with Gasteiger partial charge in [0.25, 0.3) is 5.56 Å². The molecule has 3 aromatic rings. The fourth-order valence-electron chi connectivity index (χ4n) is 3.60. The summed E-state index contributed by atoms with van der Waals surface area (Å²) < 4.78 is 0. The Bertz CT molecular complexity index is 900. The smallest absolute Gasteiger partial charge is 0.259 e. The van der Waals surface area contributed by atoms with Gasteiger partial charge in [0, 0.05) is 10.8 Å². The predicted molar refractivity (Wildman–Crippen MR) is 98.5 cm³/mol. The van der Waals surface area contributed by atoms with E-state index in [1.807, 2.05) is 24.3 Å². The summed E-state index contributed by atoms with van der Waals surface area (Å²) in [5, 5.41) is 0.699. The second-order valence-corrected chi connectivity index (χ2v) is 7.87. The van der Waals surface area contributed by atoms with Crippen molar-refractivity contribution in [1.82, 2.24) is 9.97 Å². The quantitative estimate of drug-likeness (QED) is 0.769. The Balaban J connectivity index is 1.65. The van der Waals surface area contributed by atoms with Gasteiger partial charge in [-0.2, -0.15) is 0 Å². The van der Waals surface area contributed by atoms with Gasteiger partial charge in [0.1, 0.15) is 11.4 Å². The first-order valence-electron chi connectivity index (χ1n) is 8.61. The zero-order valence-electron chi connectivity index (χ0n) is 13.8. The third-order valence-corrected chi connectivity index (χ3v) is 5.87. The summed E-state index contributed by atoms with van der Waals surface area (Å²) in [4.78, 5) is 23.7. The highest BCUT2D eigenvalue weighted by Gasteiger charge is 2.21. The molecule has 1 saturated heterocycles. The Morgan fingerprint density at radius 1 is 1.33 bits per heavy atom. The van der Waals surface area contributed by atoms with Crippen LogP contribution in [0.15, 0.2) is 41.2 Å². The Morgan fingerprint density at radius 3 is 2.96 bits per heavy atom. The molecule has 1 unspecified atom stereocenters. The summed E-state index contributed by atoms with van der Waals surface area (Å²) in [6.07, 6.45) is 2.58. The number of likely N-dealkylation sites (tertiary alicyclic amines) is 1. The number of nitrogens with one attached hydrogen (secondary N) is 2. The molecule has 5 heteroatoms. The van der Waals surface area contributed by atoms with E-state index >= 15 is 0 Å². The summed E-state index contributed by atoms with van der Waals surface area (Å²) in [7, 11) is 0. The van der Waals surface area contributed by atoms with Crippen LogP contribution in [0.2, 0.25) is 0 Å².